The highest BCUT2D eigenvalue weighted by atomic mass is 32.1. The minimum Gasteiger partial charge on any atom is -0.480 e. The van der Waals surface area contributed by atoms with Crippen LogP contribution < -0.4 is 5.32 Å². The maximum absolute atomic E-state index is 12.1. The van der Waals surface area contributed by atoms with Gasteiger partial charge in [-0.1, -0.05) is 6.92 Å². The number of carboxylic acids is 1. The summed E-state index contributed by atoms with van der Waals surface area (Å²) in [4.78, 5) is 27.1. The average Bonchev–Trinajstić information content (AvgIpc) is 2.88. The number of amides is 1. The van der Waals surface area contributed by atoms with E-state index in [9.17, 15) is 14.7 Å². The summed E-state index contributed by atoms with van der Waals surface area (Å²) in [5.41, 5.74) is 0. The van der Waals surface area contributed by atoms with Gasteiger partial charge in [0, 0.05) is 24.0 Å². The number of carbonyl (C=O) groups excluding carboxylic acids is 1. The molecule has 5 nitrogen and oxygen atoms in total. The Hall–Kier alpha value is -1.40. The van der Waals surface area contributed by atoms with E-state index in [1.165, 1.54) is 11.3 Å². The van der Waals surface area contributed by atoms with Gasteiger partial charge in [-0.15, -0.1) is 11.3 Å². The summed E-state index contributed by atoms with van der Waals surface area (Å²) in [6, 6.07) is 3.53. The van der Waals surface area contributed by atoms with E-state index >= 15 is 0 Å². The van der Waals surface area contributed by atoms with Gasteiger partial charge in [0.2, 0.25) is 0 Å². The lowest BCUT2D eigenvalue weighted by molar-refractivity contribution is -0.143. The Morgan fingerprint density at radius 1 is 1.43 bits per heavy atom. The first kappa shape index (κ1) is 16.0. The molecule has 1 aliphatic heterocycles. The number of carboxylic acid groups (broad SMARTS) is 1. The summed E-state index contributed by atoms with van der Waals surface area (Å²) in [6.45, 7) is 5.32. The molecule has 1 amide bonds. The Balaban J connectivity index is 1.84. The zero-order valence-corrected chi connectivity index (χ0v) is 13.3. The lowest BCUT2D eigenvalue weighted by atomic mass is 10.0. The van der Waals surface area contributed by atoms with E-state index < -0.39 is 12.0 Å². The molecule has 1 fully saturated rings. The first-order valence-corrected chi connectivity index (χ1v) is 8.17. The van der Waals surface area contributed by atoms with Crippen LogP contribution in [0.4, 0.5) is 0 Å². The smallest absolute Gasteiger partial charge is 0.320 e. The molecule has 21 heavy (non-hydrogen) atoms. The van der Waals surface area contributed by atoms with Gasteiger partial charge in [-0.3, -0.25) is 14.5 Å². The number of rotatable bonds is 5. The third-order valence-corrected chi connectivity index (χ3v) is 4.94. The van der Waals surface area contributed by atoms with Crippen molar-refractivity contribution < 1.29 is 14.7 Å². The molecule has 0 radical (unpaired) electrons. The van der Waals surface area contributed by atoms with Crippen molar-refractivity contribution in [2.24, 2.45) is 0 Å². The molecule has 1 aromatic heterocycles. The topological polar surface area (TPSA) is 69.6 Å². The van der Waals surface area contributed by atoms with Gasteiger partial charge in [-0.25, -0.2) is 0 Å². The zero-order chi connectivity index (χ0) is 15.4. The molecule has 116 valence electrons. The maximum Gasteiger partial charge on any atom is 0.320 e. The van der Waals surface area contributed by atoms with Gasteiger partial charge in [-0.05, 0) is 38.3 Å². The van der Waals surface area contributed by atoms with Crippen LogP contribution in [0.5, 0.6) is 0 Å². The molecule has 0 unspecified atom stereocenters. The fourth-order valence-corrected chi connectivity index (χ4v) is 3.53. The predicted octanol–water partition coefficient (Wildman–Crippen LogP) is 2.11. The second-order valence-electron chi connectivity index (χ2n) is 5.46. The van der Waals surface area contributed by atoms with E-state index in [1.54, 1.807) is 0 Å². The number of aryl methyl sites for hydroxylation is 1. The summed E-state index contributed by atoms with van der Waals surface area (Å²) < 4.78 is 0. The molecule has 0 spiro atoms. The molecule has 2 heterocycles. The molecule has 2 rings (SSSR count). The van der Waals surface area contributed by atoms with Gasteiger partial charge >= 0.3 is 5.97 Å². The van der Waals surface area contributed by atoms with Gasteiger partial charge in [0.15, 0.2) is 0 Å². The van der Waals surface area contributed by atoms with Crippen molar-refractivity contribution >= 4 is 23.2 Å². The van der Waals surface area contributed by atoms with Crippen molar-refractivity contribution in [1.82, 2.24) is 10.2 Å². The van der Waals surface area contributed by atoms with Gasteiger partial charge in [0.1, 0.15) is 6.04 Å². The lowest BCUT2D eigenvalue weighted by Gasteiger charge is -2.35. The van der Waals surface area contributed by atoms with Crippen LogP contribution in [0.2, 0.25) is 0 Å². The molecule has 1 aromatic rings. The number of hydrogen-bond acceptors (Lipinski definition) is 4. The Morgan fingerprint density at radius 3 is 2.57 bits per heavy atom. The average molecular weight is 310 g/mol. The minimum atomic E-state index is -0.756. The maximum atomic E-state index is 12.1. The van der Waals surface area contributed by atoms with E-state index in [-0.39, 0.29) is 11.9 Å². The van der Waals surface area contributed by atoms with Gasteiger partial charge < -0.3 is 10.4 Å². The normalized spacial score (nSPS) is 18.4. The van der Waals surface area contributed by atoms with Crippen molar-refractivity contribution in [3.05, 3.63) is 21.9 Å². The molecule has 1 aliphatic rings. The molecular formula is C15H22N2O3S. The molecule has 0 aliphatic carbocycles. The monoisotopic (exact) mass is 310 g/mol. The summed E-state index contributed by atoms with van der Waals surface area (Å²) in [6.07, 6.45) is 2.22. The van der Waals surface area contributed by atoms with Crippen molar-refractivity contribution in [2.75, 3.05) is 13.1 Å². The van der Waals surface area contributed by atoms with E-state index in [0.717, 1.165) is 35.7 Å². The van der Waals surface area contributed by atoms with Crippen LogP contribution in [-0.4, -0.2) is 47.1 Å². The Kier molecular flexibility index (Phi) is 5.36. The summed E-state index contributed by atoms with van der Waals surface area (Å²) in [7, 11) is 0. The SMILES string of the molecule is CC[C@H](C(=O)O)N1CCC(NC(=O)c2ccc(C)s2)CC1. The fourth-order valence-electron chi connectivity index (χ4n) is 2.76. The largest absolute Gasteiger partial charge is 0.480 e. The lowest BCUT2D eigenvalue weighted by Crippen LogP contribution is -2.50. The fraction of sp³-hybridized carbons (Fsp3) is 0.600. The molecule has 0 saturated carbocycles. The third kappa shape index (κ3) is 4.04. The summed E-state index contributed by atoms with van der Waals surface area (Å²) >= 11 is 1.50. The molecule has 0 aromatic carbocycles. The van der Waals surface area contributed by atoms with E-state index in [4.69, 9.17) is 0 Å². The van der Waals surface area contributed by atoms with E-state index in [0.29, 0.717) is 6.42 Å². The van der Waals surface area contributed by atoms with Crippen LogP contribution in [0, 0.1) is 6.92 Å². The highest BCUT2D eigenvalue weighted by Crippen LogP contribution is 2.18. The van der Waals surface area contributed by atoms with Crippen LogP contribution in [0.1, 0.15) is 40.7 Å². The number of piperidine rings is 1. The number of likely N-dealkylation sites (tertiary alicyclic amines) is 1. The second-order valence-corrected chi connectivity index (χ2v) is 6.74. The van der Waals surface area contributed by atoms with Gasteiger partial charge in [-0.2, -0.15) is 0 Å². The number of nitrogens with one attached hydrogen (secondary N) is 1. The standard InChI is InChI=1S/C15H22N2O3S/c1-3-12(15(19)20)17-8-6-11(7-9-17)16-14(18)13-5-4-10(2)21-13/h4-5,11-12H,3,6-9H2,1-2H3,(H,16,18)(H,19,20)/t12-/m1/s1. The Labute approximate surface area is 129 Å². The van der Waals surface area contributed by atoms with Crippen molar-refractivity contribution in [2.45, 2.75) is 45.2 Å². The quantitative estimate of drug-likeness (QED) is 0.874. The van der Waals surface area contributed by atoms with Crippen molar-refractivity contribution in [1.29, 1.82) is 0 Å². The first-order valence-electron chi connectivity index (χ1n) is 7.35. The third-order valence-electron chi connectivity index (χ3n) is 3.94. The van der Waals surface area contributed by atoms with Crippen LogP contribution in [-0.2, 0) is 4.79 Å². The molecule has 1 atom stereocenters. The van der Waals surface area contributed by atoms with Crippen LogP contribution in [0.25, 0.3) is 0 Å². The second kappa shape index (κ2) is 7.04. The molecule has 6 heteroatoms. The van der Waals surface area contributed by atoms with Crippen molar-refractivity contribution in [3.63, 3.8) is 0 Å². The molecular weight excluding hydrogens is 288 g/mol. The minimum absolute atomic E-state index is 0.0168. The number of aliphatic carboxylic acids is 1. The van der Waals surface area contributed by atoms with E-state index in [1.807, 2.05) is 30.9 Å². The van der Waals surface area contributed by atoms with Crippen molar-refractivity contribution in [3.8, 4) is 0 Å². The zero-order valence-electron chi connectivity index (χ0n) is 12.5. The highest BCUT2D eigenvalue weighted by molar-refractivity contribution is 7.13. The Bertz CT molecular complexity index is 507. The predicted molar refractivity (Wildman–Crippen MR) is 82.8 cm³/mol. The number of hydrogen-bond donors (Lipinski definition) is 2. The molecule has 2 N–H and O–H groups in total. The van der Waals surface area contributed by atoms with Gasteiger partial charge in [0.05, 0.1) is 4.88 Å². The number of carbonyl (C=O) groups is 2. The van der Waals surface area contributed by atoms with Crippen LogP contribution >= 0.6 is 11.3 Å². The number of thiophene rings is 1. The van der Waals surface area contributed by atoms with Crippen LogP contribution in [0.15, 0.2) is 12.1 Å². The summed E-state index contributed by atoms with van der Waals surface area (Å²) in [5.74, 6) is -0.772. The molecule has 1 saturated heterocycles. The first-order chi connectivity index (χ1) is 10.0. The Morgan fingerprint density at radius 2 is 2.10 bits per heavy atom. The van der Waals surface area contributed by atoms with Gasteiger partial charge in [0.25, 0.3) is 5.91 Å². The molecule has 0 bridgehead atoms. The number of nitrogens with zero attached hydrogens (tertiary/aromatic N) is 1. The summed E-state index contributed by atoms with van der Waals surface area (Å²) in [5, 5.41) is 12.2. The van der Waals surface area contributed by atoms with Crippen LogP contribution in [0.3, 0.4) is 0 Å². The van der Waals surface area contributed by atoms with E-state index in [2.05, 4.69) is 5.32 Å². The highest BCUT2D eigenvalue weighted by Gasteiger charge is 2.29.